The van der Waals surface area contributed by atoms with Gasteiger partial charge in [-0.05, 0) is 52.6 Å². The van der Waals surface area contributed by atoms with Gasteiger partial charge in [-0.25, -0.2) is 26.6 Å². The number of carbonyl (C=O) groups is 1. The number of alkyl halides is 5. The Morgan fingerprint density at radius 1 is 1.24 bits per heavy atom. The van der Waals surface area contributed by atoms with Crippen LogP contribution in [0.3, 0.4) is 0 Å². The third-order valence-corrected chi connectivity index (χ3v) is 10.2. The number of nitrogens with zero attached hydrogens (tertiary/aromatic N) is 4. The Hall–Kier alpha value is -3.09. The smallest absolute Gasteiger partial charge is 0.404 e. The first-order valence-corrected chi connectivity index (χ1v) is 16.2. The lowest BCUT2D eigenvalue weighted by atomic mass is 9.90. The van der Waals surface area contributed by atoms with Crippen molar-refractivity contribution in [2.45, 2.75) is 89.5 Å². The van der Waals surface area contributed by atoms with Gasteiger partial charge in [-0.15, -0.1) is 11.3 Å². The van der Waals surface area contributed by atoms with Gasteiger partial charge in [-0.1, -0.05) is 18.1 Å². The molecule has 3 aromatic rings. The number of carboxylic acids is 1. The second-order valence-corrected chi connectivity index (χ2v) is 14.1. The van der Waals surface area contributed by atoms with Crippen molar-refractivity contribution in [3.05, 3.63) is 35.1 Å². The fourth-order valence-corrected chi connectivity index (χ4v) is 7.31. The number of likely N-dealkylation sites (tertiary alicyclic amines) is 1. The summed E-state index contributed by atoms with van der Waals surface area (Å²) in [5.74, 6) is -3.08. The van der Waals surface area contributed by atoms with E-state index in [0.717, 1.165) is 37.2 Å². The van der Waals surface area contributed by atoms with Crippen LogP contribution in [0.5, 0.6) is 0 Å². The zero-order chi connectivity index (χ0) is 33.5. The molecule has 45 heavy (non-hydrogen) atoms. The number of hydrogen-bond donors (Lipinski definition) is 2. The number of aromatic nitrogens is 3. The Balaban J connectivity index is 1.82. The maximum Gasteiger partial charge on any atom is 0.404 e. The Morgan fingerprint density at radius 2 is 1.93 bits per heavy atom. The van der Waals surface area contributed by atoms with Gasteiger partial charge in [-0.3, -0.25) is 9.69 Å². The highest BCUT2D eigenvalue weighted by atomic mass is 32.2. The Kier molecular flexibility index (Phi) is 10.0. The van der Waals surface area contributed by atoms with E-state index in [9.17, 15) is 40.3 Å². The number of benzene rings is 1. The minimum absolute atomic E-state index is 0.0190. The van der Waals surface area contributed by atoms with E-state index in [0.29, 0.717) is 12.6 Å². The molecule has 248 valence electrons. The molecule has 0 spiro atoms. The Morgan fingerprint density at radius 3 is 2.49 bits per heavy atom. The minimum atomic E-state index is -5.21. The summed E-state index contributed by atoms with van der Waals surface area (Å²) < 4.78 is 117. The molecule has 10 nitrogen and oxygen atoms in total. The molecule has 0 unspecified atom stereocenters. The van der Waals surface area contributed by atoms with E-state index in [1.165, 1.54) is 18.6 Å². The number of hydrogen-bond acceptors (Lipinski definition) is 9. The highest BCUT2D eigenvalue weighted by Gasteiger charge is 2.42. The number of sulfonamides is 1. The van der Waals surface area contributed by atoms with Crippen molar-refractivity contribution in [3.63, 3.8) is 0 Å². The summed E-state index contributed by atoms with van der Waals surface area (Å²) in [6, 6.07) is -0.887. The standard InChI is InChI=1S/C27H31F6N5O5S2/c1-5-17(27(31,32)33)37-45(41,42)16-9-8-14(19(20(16)28)22(29)30)21-15(12-38-10-6-7-13(38)2)34-24(44-21)23-35-18(43-36-23)11-26(3,4)25(39)40/h8-9,13,17,22,37H,5-7,10-12H2,1-4H3,(H,39,40)/t13-,17-/m0/s1. The highest BCUT2D eigenvalue weighted by Crippen LogP contribution is 2.43. The Labute approximate surface area is 258 Å². The molecule has 1 aliphatic heterocycles. The molecule has 0 bridgehead atoms. The predicted molar refractivity (Wildman–Crippen MR) is 150 cm³/mol. The lowest BCUT2D eigenvalue weighted by molar-refractivity contribution is -0.151. The summed E-state index contributed by atoms with van der Waals surface area (Å²) in [4.78, 5) is 21.0. The average Bonchev–Trinajstić information content (AvgIpc) is 3.66. The molecule has 0 amide bonds. The summed E-state index contributed by atoms with van der Waals surface area (Å²) in [5.41, 5.74) is -2.72. The Bertz CT molecular complexity index is 1660. The van der Waals surface area contributed by atoms with Gasteiger partial charge in [0.05, 0.1) is 21.5 Å². The third-order valence-electron chi connectivity index (χ3n) is 7.57. The maximum absolute atomic E-state index is 15.7. The second-order valence-electron chi connectivity index (χ2n) is 11.4. The molecule has 4 rings (SSSR count). The lowest BCUT2D eigenvalue weighted by Crippen LogP contribution is -2.45. The average molecular weight is 684 g/mol. The first kappa shape index (κ1) is 34.8. The zero-order valence-corrected chi connectivity index (χ0v) is 26.2. The second kappa shape index (κ2) is 13.0. The van der Waals surface area contributed by atoms with Crippen LogP contribution in [0.1, 0.15) is 70.5 Å². The van der Waals surface area contributed by atoms with Crippen LogP contribution in [0, 0.1) is 11.2 Å². The van der Waals surface area contributed by atoms with Crippen molar-refractivity contribution in [2.24, 2.45) is 5.41 Å². The minimum Gasteiger partial charge on any atom is -0.481 e. The largest absolute Gasteiger partial charge is 0.481 e. The van der Waals surface area contributed by atoms with Crippen LogP contribution in [0.4, 0.5) is 26.3 Å². The van der Waals surface area contributed by atoms with Crippen molar-refractivity contribution in [2.75, 3.05) is 6.54 Å². The number of rotatable bonds is 12. The van der Waals surface area contributed by atoms with Crippen LogP contribution < -0.4 is 4.72 Å². The molecule has 0 radical (unpaired) electrons. The fourth-order valence-electron chi connectivity index (χ4n) is 4.88. The number of aliphatic carboxylic acids is 1. The van der Waals surface area contributed by atoms with Crippen molar-refractivity contribution in [1.82, 2.24) is 24.7 Å². The number of carboxylic acid groups (broad SMARTS) is 1. The van der Waals surface area contributed by atoms with Crippen molar-refractivity contribution in [3.8, 4) is 21.3 Å². The van der Waals surface area contributed by atoms with Crippen LogP contribution >= 0.6 is 11.3 Å². The molecule has 3 heterocycles. The maximum atomic E-state index is 15.7. The quantitative estimate of drug-likeness (QED) is 0.214. The van der Waals surface area contributed by atoms with Gasteiger partial charge < -0.3 is 9.63 Å². The first-order valence-electron chi connectivity index (χ1n) is 13.9. The van der Waals surface area contributed by atoms with Gasteiger partial charge in [0.15, 0.2) is 10.8 Å². The molecule has 2 N–H and O–H groups in total. The molecule has 1 aromatic carbocycles. The zero-order valence-electron chi connectivity index (χ0n) is 24.6. The van der Waals surface area contributed by atoms with Gasteiger partial charge in [0.1, 0.15) is 10.9 Å². The third kappa shape index (κ3) is 7.49. The lowest BCUT2D eigenvalue weighted by Gasteiger charge is -2.22. The van der Waals surface area contributed by atoms with E-state index in [1.54, 1.807) is 0 Å². The molecule has 1 aliphatic rings. The molecule has 0 saturated carbocycles. The van der Waals surface area contributed by atoms with Crippen LogP contribution in [-0.2, 0) is 27.8 Å². The van der Waals surface area contributed by atoms with Crippen LogP contribution in [0.2, 0.25) is 0 Å². The molecule has 18 heteroatoms. The number of nitrogens with one attached hydrogen (secondary N) is 1. The molecule has 2 atom stereocenters. The summed E-state index contributed by atoms with van der Waals surface area (Å²) in [7, 11) is -5.21. The van der Waals surface area contributed by atoms with Gasteiger partial charge in [-0.2, -0.15) is 22.9 Å². The van der Waals surface area contributed by atoms with E-state index in [1.807, 2.05) is 11.8 Å². The van der Waals surface area contributed by atoms with Crippen molar-refractivity contribution >= 4 is 27.3 Å². The molecule has 2 aromatic heterocycles. The van der Waals surface area contributed by atoms with Crippen LogP contribution in [-0.4, -0.2) is 64.3 Å². The van der Waals surface area contributed by atoms with Gasteiger partial charge in [0.2, 0.25) is 21.7 Å². The topological polar surface area (TPSA) is 139 Å². The summed E-state index contributed by atoms with van der Waals surface area (Å²) >= 11 is 0.806. The number of thiazole rings is 1. The molecule has 1 fully saturated rings. The summed E-state index contributed by atoms with van der Waals surface area (Å²) in [6.07, 6.45) is -7.65. The normalized spacial score (nSPS) is 17.4. The summed E-state index contributed by atoms with van der Waals surface area (Å²) in [6.45, 7) is 6.77. The van der Waals surface area contributed by atoms with E-state index in [-0.39, 0.29) is 46.3 Å². The van der Waals surface area contributed by atoms with Crippen LogP contribution in [0.15, 0.2) is 21.6 Å². The fraction of sp³-hybridized carbons (Fsp3) is 0.556. The van der Waals surface area contributed by atoms with Gasteiger partial charge in [0.25, 0.3) is 6.43 Å². The van der Waals surface area contributed by atoms with Gasteiger partial charge in [0, 0.05) is 24.6 Å². The molecule has 1 saturated heterocycles. The van der Waals surface area contributed by atoms with Crippen molar-refractivity contribution in [1.29, 1.82) is 0 Å². The van der Waals surface area contributed by atoms with E-state index < -0.39 is 68.3 Å². The van der Waals surface area contributed by atoms with Gasteiger partial charge >= 0.3 is 12.1 Å². The van der Waals surface area contributed by atoms with E-state index in [2.05, 4.69) is 15.1 Å². The van der Waals surface area contributed by atoms with Crippen LogP contribution in [0.25, 0.3) is 21.3 Å². The van der Waals surface area contributed by atoms with E-state index >= 15 is 4.39 Å². The SMILES string of the molecule is CC[C@H](NS(=O)(=O)c1ccc(-c2sc(-c3noc(CC(C)(C)C(=O)O)n3)nc2CN2CCC[C@@H]2C)c(C(F)F)c1F)C(F)(F)F. The first-order chi connectivity index (χ1) is 20.9. The highest BCUT2D eigenvalue weighted by molar-refractivity contribution is 7.89. The van der Waals surface area contributed by atoms with E-state index in [4.69, 9.17) is 4.52 Å². The number of halogens is 6. The molecular weight excluding hydrogens is 652 g/mol. The molecule has 0 aliphatic carbocycles. The summed E-state index contributed by atoms with van der Waals surface area (Å²) in [5, 5.41) is 13.4. The molecular formula is C27H31F6N5O5S2. The monoisotopic (exact) mass is 683 g/mol. The van der Waals surface area contributed by atoms with Crippen molar-refractivity contribution < 1.29 is 49.2 Å². The predicted octanol–water partition coefficient (Wildman–Crippen LogP) is 6.19.